The molecule has 0 fully saturated rings. The molecule has 0 spiro atoms. The Hall–Kier alpha value is -4.08. The van der Waals surface area contributed by atoms with Crippen molar-refractivity contribution in [3.05, 3.63) is 119 Å². The first-order valence-corrected chi connectivity index (χ1v) is 12.2. The van der Waals surface area contributed by atoms with E-state index in [0.717, 1.165) is 49.1 Å². The average molecular weight is 566 g/mol. The van der Waals surface area contributed by atoms with Crippen LogP contribution in [-0.4, -0.2) is 0 Å². The molecule has 2 nitrogen and oxygen atoms in total. The SMILES string of the molecule is CCCCc1ccc(C(F)(F)Oc2ccc(-c3ccc(C(F)(F)Oc4ccc(F)c(F)c4)c(F)c3)c(F)c2)cc1. The quantitative estimate of drug-likeness (QED) is 0.178. The van der Waals surface area contributed by atoms with Gasteiger partial charge in [-0.15, -0.1) is 0 Å². The predicted molar refractivity (Wildman–Crippen MR) is 132 cm³/mol. The predicted octanol–water partition coefficient (Wildman–Crippen LogP) is 9.51. The van der Waals surface area contributed by atoms with Gasteiger partial charge in [-0.25, -0.2) is 17.6 Å². The van der Waals surface area contributed by atoms with Crippen molar-refractivity contribution >= 4 is 0 Å². The van der Waals surface area contributed by atoms with Crippen LogP contribution in [0.1, 0.15) is 36.5 Å². The van der Waals surface area contributed by atoms with Gasteiger partial charge in [0.2, 0.25) is 0 Å². The van der Waals surface area contributed by atoms with Gasteiger partial charge in [0, 0.05) is 17.7 Å². The van der Waals surface area contributed by atoms with Crippen LogP contribution in [0.5, 0.6) is 11.5 Å². The summed E-state index contributed by atoms with van der Waals surface area (Å²) < 4.78 is 123. The molecule has 0 unspecified atom stereocenters. The van der Waals surface area contributed by atoms with Crippen LogP contribution in [0.3, 0.4) is 0 Å². The fourth-order valence-corrected chi connectivity index (χ4v) is 3.91. The molecule has 0 saturated carbocycles. The summed E-state index contributed by atoms with van der Waals surface area (Å²) in [5, 5.41) is 0. The smallest absolute Gasteiger partial charge is 0.429 e. The van der Waals surface area contributed by atoms with E-state index in [4.69, 9.17) is 4.74 Å². The highest BCUT2D eigenvalue weighted by Gasteiger charge is 2.38. The van der Waals surface area contributed by atoms with E-state index in [9.17, 15) is 35.1 Å². The zero-order valence-corrected chi connectivity index (χ0v) is 21.0. The summed E-state index contributed by atoms with van der Waals surface area (Å²) in [6, 6.07) is 12.2. The second-order valence-electron chi connectivity index (χ2n) is 8.95. The lowest BCUT2D eigenvalue weighted by Gasteiger charge is -2.20. The molecule has 210 valence electrons. The largest absolute Gasteiger partial charge is 0.429 e. The lowest BCUT2D eigenvalue weighted by atomic mass is 10.0. The average Bonchev–Trinajstić information content (AvgIpc) is 2.89. The van der Waals surface area contributed by atoms with E-state index >= 15 is 0 Å². The van der Waals surface area contributed by atoms with Crippen LogP contribution in [0.4, 0.5) is 35.1 Å². The van der Waals surface area contributed by atoms with Crippen molar-refractivity contribution in [3.8, 4) is 22.6 Å². The van der Waals surface area contributed by atoms with E-state index < -0.39 is 58.1 Å². The summed E-state index contributed by atoms with van der Waals surface area (Å²) in [7, 11) is 0. The maximum Gasteiger partial charge on any atom is 0.429 e. The van der Waals surface area contributed by atoms with Gasteiger partial charge in [0.1, 0.15) is 23.1 Å². The number of aryl methyl sites for hydroxylation is 1. The highest BCUT2D eigenvalue weighted by atomic mass is 19.3. The Morgan fingerprint density at radius 1 is 0.600 bits per heavy atom. The highest BCUT2D eigenvalue weighted by molar-refractivity contribution is 5.65. The first-order chi connectivity index (χ1) is 18.9. The number of alkyl halides is 4. The Balaban J connectivity index is 1.51. The van der Waals surface area contributed by atoms with Crippen LogP contribution in [0, 0.1) is 23.3 Å². The van der Waals surface area contributed by atoms with Crippen molar-refractivity contribution in [2.24, 2.45) is 0 Å². The number of benzene rings is 4. The molecule has 0 aromatic heterocycles. The molecule has 0 amide bonds. The molecule has 0 aliphatic rings. The van der Waals surface area contributed by atoms with E-state index in [2.05, 4.69) is 4.74 Å². The van der Waals surface area contributed by atoms with Crippen LogP contribution in [0.15, 0.2) is 78.9 Å². The molecular formula is C30H22F8O2. The van der Waals surface area contributed by atoms with Crippen LogP contribution in [0.2, 0.25) is 0 Å². The summed E-state index contributed by atoms with van der Waals surface area (Å²) in [6.45, 7) is 2.02. The topological polar surface area (TPSA) is 18.5 Å². The molecular weight excluding hydrogens is 544 g/mol. The van der Waals surface area contributed by atoms with Gasteiger partial charge in [0.15, 0.2) is 11.6 Å². The van der Waals surface area contributed by atoms with Crippen LogP contribution < -0.4 is 9.47 Å². The standard InChI is InChI=1S/C30H22F8O2/c1-2-3-4-18-5-8-20(9-6-18)29(35,36)39-21-10-12-23(26(32)16-21)19-7-13-24(27(33)15-19)30(37,38)40-22-11-14-25(31)28(34)17-22/h5-17H,2-4H2,1H3. The fraction of sp³-hybridized carbons (Fsp3) is 0.200. The first kappa shape index (κ1) is 28.9. The van der Waals surface area contributed by atoms with Gasteiger partial charge in [-0.2, -0.15) is 17.6 Å². The highest BCUT2D eigenvalue weighted by Crippen LogP contribution is 2.37. The first-order valence-electron chi connectivity index (χ1n) is 12.2. The zero-order valence-electron chi connectivity index (χ0n) is 21.0. The molecule has 0 aliphatic heterocycles. The minimum atomic E-state index is -4.29. The number of halogens is 8. The van der Waals surface area contributed by atoms with Gasteiger partial charge in [0.25, 0.3) is 0 Å². The van der Waals surface area contributed by atoms with E-state index in [1.165, 1.54) is 12.1 Å². The number of ether oxygens (including phenoxy) is 2. The van der Waals surface area contributed by atoms with Crippen LogP contribution in [-0.2, 0) is 18.6 Å². The van der Waals surface area contributed by atoms with Crippen molar-refractivity contribution < 1.29 is 44.6 Å². The molecule has 10 heteroatoms. The summed E-state index contributed by atoms with van der Waals surface area (Å²) >= 11 is 0. The third-order valence-electron chi connectivity index (χ3n) is 6.03. The van der Waals surface area contributed by atoms with Crippen molar-refractivity contribution in [2.45, 2.75) is 38.4 Å². The van der Waals surface area contributed by atoms with Gasteiger partial charge in [0.05, 0.1) is 11.1 Å². The normalized spacial score (nSPS) is 11.9. The molecule has 0 radical (unpaired) electrons. The van der Waals surface area contributed by atoms with E-state index in [-0.39, 0.29) is 11.1 Å². The lowest BCUT2D eigenvalue weighted by molar-refractivity contribution is -0.187. The molecule has 0 heterocycles. The molecule has 0 N–H and O–H groups in total. The third kappa shape index (κ3) is 6.55. The maximum absolute atomic E-state index is 14.8. The minimum Gasteiger partial charge on any atom is -0.429 e. The number of hydrogen-bond acceptors (Lipinski definition) is 2. The zero-order chi connectivity index (χ0) is 29.1. The van der Waals surface area contributed by atoms with Gasteiger partial charge >= 0.3 is 12.2 Å². The molecule has 0 atom stereocenters. The van der Waals surface area contributed by atoms with Gasteiger partial charge in [-0.1, -0.05) is 31.5 Å². The third-order valence-corrected chi connectivity index (χ3v) is 6.03. The molecule has 0 saturated heterocycles. The fourth-order valence-electron chi connectivity index (χ4n) is 3.91. The number of rotatable bonds is 10. The van der Waals surface area contributed by atoms with Crippen molar-refractivity contribution in [1.29, 1.82) is 0 Å². The van der Waals surface area contributed by atoms with Gasteiger partial charge in [-0.3, -0.25) is 0 Å². The monoisotopic (exact) mass is 566 g/mol. The van der Waals surface area contributed by atoms with Crippen molar-refractivity contribution in [3.63, 3.8) is 0 Å². The summed E-state index contributed by atoms with van der Waals surface area (Å²) in [4.78, 5) is 0. The van der Waals surface area contributed by atoms with Crippen molar-refractivity contribution in [2.75, 3.05) is 0 Å². The summed E-state index contributed by atoms with van der Waals surface area (Å²) in [5.41, 5.74) is -1.23. The van der Waals surface area contributed by atoms with E-state index in [0.29, 0.717) is 30.3 Å². The second-order valence-corrected chi connectivity index (χ2v) is 8.95. The van der Waals surface area contributed by atoms with Crippen LogP contribution >= 0.6 is 0 Å². The Kier molecular flexibility index (Phi) is 8.37. The molecule has 0 aliphatic carbocycles. The maximum atomic E-state index is 14.8. The second kappa shape index (κ2) is 11.6. The van der Waals surface area contributed by atoms with E-state index in [1.54, 1.807) is 12.1 Å². The Morgan fingerprint density at radius 2 is 1.23 bits per heavy atom. The lowest BCUT2D eigenvalue weighted by Crippen LogP contribution is -2.23. The van der Waals surface area contributed by atoms with Crippen LogP contribution in [0.25, 0.3) is 11.1 Å². The Morgan fingerprint density at radius 3 is 1.82 bits per heavy atom. The van der Waals surface area contributed by atoms with Gasteiger partial charge < -0.3 is 9.47 Å². The summed E-state index contributed by atoms with van der Waals surface area (Å²) in [5.74, 6) is -6.54. The van der Waals surface area contributed by atoms with Gasteiger partial charge in [-0.05, 0) is 72.5 Å². The molecule has 0 bridgehead atoms. The molecule has 40 heavy (non-hydrogen) atoms. The number of unbranched alkanes of at least 4 members (excludes halogenated alkanes) is 1. The summed E-state index contributed by atoms with van der Waals surface area (Å²) in [6.07, 6.45) is -5.44. The Bertz CT molecular complexity index is 1490. The minimum absolute atomic E-state index is 0.177. The van der Waals surface area contributed by atoms with Crippen molar-refractivity contribution in [1.82, 2.24) is 0 Å². The Labute approximate surface area is 224 Å². The number of hydrogen-bond donors (Lipinski definition) is 0. The molecule has 4 rings (SSSR count). The molecule has 4 aromatic rings. The molecule has 4 aromatic carbocycles. The van der Waals surface area contributed by atoms with E-state index in [1.807, 2.05) is 6.92 Å².